The van der Waals surface area contributed by atoms with Crippen molar-refractivity contribution in [2.24, 2.45) is 0 Å². The molecule has 72 valence electrons. The molecule has 1 N–H and O–H groups in total. The second-order valence-electron chi connectivity index (χ2n) is 3.19. The SMILES string of the molecule is CC=CCC(=N)CCCCCC.[H-].[Li+]. The van der Waals surface area contributed by atoms with Crippen molar-refractivity contribution in [3.05, 3.63) is 12.2 Å². The van der Waals surface area contributed by atoms with E-state index in [9.17, 15) is 0 Å². The van der Waals surface area contributed by atoms with Gasteiger partial charge in [-0.2, -0.15) is 0 Å². The third-order valence-corrected chi connectivity index (χ3v) is 1.93. The average Bonchev–Trinajstić information content (AvgIpc) is 2.09. The summed E-state index contributed by atoms with van der Waals surface area (Å²) in [7, 11) is 0. The number of allylic oxidation sites excluding steroid dienone is 2. The van der Waals surface area contributed by atoms with Crippen LogP contribution in [0.5, 0.6) is 0 Å². The summed E-state index contributed by atoms with van der Waals surface area (Å²) in [5.41, 5.74) is 0.879. The topological polar surface area (TPSA) is 23.9 Å². The summed E-state index contributed by atoms with van der Waals surface area (Å²) in [5, 5.41) is 7.58. The van der Waals surface area contributed by atoms with Crippen LogP contribution in [0, 0.1) is 5.41 Å². The Morgan fingerprint density at radius 1 is 1.31 bits per heavy atom. The molecule has 13 heavy (non-hydrogen) atoms. The van der Waals surface area contributed by atoms with E-state index in [4.69, 9.17) is 5.41 Å². The van der Waals surface area contributed by atoms with Crippen LogP contribution in [0.15, 0.2) is 12.2 Å². The van der Waals surface area contributed by atoms with E-state index in [2.05, 4.69) is 13.0 Å². The molecule has 0 heterocycles. The van der Waals surface area contributed by atoms with E-state index < -0.39 is 0 Å². The predicted molar refractivity (Wildman–Crippen MR) is 57.0 cm³/mol. The summed E-state index contributed by atoms with van der Waals surface area (Å²) in [6, 6.07) is 0. The number of nitrogens with one attached hydrogen (secondary N) is 1. The van der Waals surface area contributed by atoms with Crippen LogP contribution in [-0.2, 0) is 0 Å². The van der Waals surface area contributed by atoms with Gasteiger partial charge in [-0.3, -0.25) is 0 Å². The quantitative estimate of drug-likeness (QED) is 0.259. The van der Waals surface area contributed by atoms with Gasteiger partial charge in [0.2, 0.25) is 0 Å². The molecule has 0 aliphatic carbocycles. The van der Waals surface area contributed by atoms with Gasteiger partial charge in [-0.15, -0.1) is 0 Å². The van der Waals surface area contributed by atoms with Gasteiger partial charge in [-0.05, 0) is 19.8 Å². The second-order valence-corrected chi connectivity index (χ2v) is 3.19. The first-order chi connectivity index (χ1) is 5.81. The molecule has 0 rings (SSSR count). The van der Waals surface area contributed by atoms with Crippen LogP contribution < -0.4 is 18.9 Å². The number of rotatable bonds is 7. The van der Waals surface area contributed by atoms with Gasteiger partial charge < -0.3 is 6.84 Å². The first-order valence-electron chi connectivity index (χ1n) is 4.98. The van der Waals surface area contributed by atoms with Crippen LogP contribution in [0.3, 0.4) is 0 Å². The van der Waals surface area contributed by atoms with E-state index in [1.54, 1.807) is 0 Å². The van der Waals surface area contributed by atoms with E-state index in [0.717, 1.165) is 18.6 Å². The fourth-order valence-electron chi connectivity index (χ4n) is 1.13. The average molecular weight is 175 g/mol. The Bertz CT molecular complexity index is 146. The Morgan fingerprint density at radius 3 is 2.54 bits per heavy atom. The molecule has 0 aliphatic rings. The predicted octanol–water partition coefficient (Wildman–Crippen LogP) is 1.06. The normalized spacial score (nSPS) is 10.0. The van der Waals surface area contributed by atoms with Crippen LogP contribution >= 0.6 is 0 Å². The Labute approximate surface area is 96.2 Å². The van der Waals surface area contributed by atoms with Gasteiger partial charge in [0.25, 0.3) is 0 Å². The van der Waals surface area contributed by atoms with Crippen molar-refractivity contribution >= 4 is 5.71 Å². The minimum absolute atomic E-state index is 0. The zero-order chi connectivity index (χ0) is 9.23. The smallest absolute Gasteiger partial charge is 1.00 e. The Morgan fingerprint density at radius 2 is 2.00 bits per heavy atom. The number of hydrogen-bond donors (Lipinski definition) is 1. The van der Waals surface area contributed by atoms with Crippen molar-refractivity contribution in [2.45, 2.75) is 52.4 Å². The van der Waals surface area contributed by atoms with Crippen LogP contribution in [0.1, 0.15) is 53.8 Å². The molecule has 1 nitrogen and oxygen atoms in total. The van der Waals surface area contributed by atoms with Gasteiger partial charge in [-0.1, -0.05) is 38.3 Å². The van der Waals surface area contributed by atoms with Gasteiger partial charge in [0.05, 0.1) is 0 Å². The minimum Gasteiger partial charge on any atom is -1.00 e. The van der Waals surface area contributed by atoms with E-state index in [1.807, 2.05) is 13.0 Å². The van der Waals surface area contributed by atoms with Crippen molar-refractivity contribution in [1.82, 2.24) is 0 Å². The van der Waals surface area contributed by atoms with Gasteiger partial charge in [-0.25, -0.2) is 0 Å². The first-order valence-corrected chi connectivity index (χ1v) is 4.98. The van der Waals surface area contributed by atoms with Crippen LogP contribution in [0.4, 0.5) is 0 Å². The fraction of sp³-hybridized carbons (Fsp3) is 0.727. The molecule has 0 aromatic rings. The van der Waals surface area contributed by atoms with Gasteiger partial charge in [0.15, 0.2) is 0 Å². The molecule has 0 radical (unpaired) electrons. The molecular formula is C11H22LiN. The van der Waals surface area contributed by atoms with Crippen molar-refractivity contribution in [3.63, 3.8) is 0 Å². The third kappa shape index (κ3) is 12.0. The molecule has 0 aromatic heterocycles. The van der Waals surface area contributed by atoms with Gasteiger partial charge in [0.1, 0.15) is 0 Å². The molecule has 0 aliphatic heterocycles. The molecule has 0 aromatic carbocycles. The Hall–Kier alpha value is 0.00740. The van der Waals surface area contributed by atoms with Gasteiger partial charge in [0, 0.05) is 12.1 Å². The van der Waals surface area contributed by atoms with Crippen molar-refractivity contribution in [2.75, 3.05) is 0 Å². The second kappa shape index (κ2) is 12.0. The summed E-state index contributed by atoms with van der Waals surface area (Å²) >= 11 is 0. The van der Waals surface area contributed by atoms with E-state index in [-0.39, 0.29) is 20.3 Å². The van der Waals surface area contributed by atoms with Crippen molar-refractivity contribution < 1.29 is 20.3 Å². The monoisotopic (exact) mass is 175 g/mol. The van der Waals surface area contributed by atoms with Crippen LogP contribution in [-0.4, -0.2) is 5.71 Å². The molecule has 0 saturated heterocycles. The summed E-state index contributed by atoms with van der Waals surface area (Å²) in [6.07, 6.45) is 11.0. The summed E-state index contributed by atoms with van der Waals surface area (Å²) in [5.74, 6) is 0. The maximum Gasteiger partial charge on any atom is 1.00 e. The van der Waals surface area contributed by atoms with Crippen molar-refractivity contribution in [3.8, 4) is 0 Å². The fourth-order valence-corrected chi connectivity index (χ4v) is 1.13. The Balaban J connectivity index is -0.000000605. The molecule has 0 spiro atoms. The zero-order valence-electron chi connectivity index (χ0n) is 10.4. The third-order valence-electron chi connectivity index (χ3n) is 1.93. The molecule has 2 heteroatoms. The number of hydrogen-bond acceptors (Lipinski definition) is 1. The minimum atomic E-state index is 0. The maximum atomic E-state index is 7.58. The molecule has 0 atom stereocenters. The molecule has 0 unspecified atom stereocenters. The summed E-state index contributed by atoms with van der Waals surface area (Å²) in [4.78, 5) is 0. The van der Waals surface area contributed by atoms with E-state index in [1.165, 1.54) is 25.7 Å². The first kappa shape index (κ1) is 15.5. The molecule has 0 fully saturated rings. The van der Waals surface area contributed by atoms with Crippen LogP contribution in [0.2, 0.25) is 0 Å². The van der Waals surface area contributed by atoms with Crippen LogP contribution in [0.25, 0.3) is 0 Å². The summed E-state index contributed by atoms with van der Waals surface area (Å²) in [6.45, 7) is 4.22. The summed E-state index contributed by atoms with van der Waals surface area (Å²) < 4.78 is 0. The molecular weight excluding hydrogens is 153 g/mol. The van der Waals surface area contributed by atoms with E-state index >= 15 is 0 Å². The Kier molecular flexibility index (Phi) is 14.3. The van der Waals surface area contributed by atoms with Crippen molar-refractivity contribution in [1.29, 1.82) is 5.41 Å². The largest absolute Gasteiger partial charge is 1.00 e. The molecule has 0 bridgehead atoms. The molecule has 0 saturated carbocycles. The maximum absolute atomic E-state index is 7.58. The number of unbranched alkanes of at least 4 members (excludes halogenated alkanes) is 3. The van der Waals surface area contributed by atoms with E-state index in [0.29, 0.717) is 0 Å². The van der Waals surface area contributed by atoms with Gasteiger partial charge >= 0.3 is 18.9 Å². The standard InChI is InChI=1S/C11H21N.Li.H/c1-3-5-7-8-10-11(12)9-6-4-2;;/h4,6,12H,3,5,7-10H2,1-2H3;;/q;+1;-1. The zero-order valence-corrected chi connectivity index (χ0v) is 9.40. The molecule has 0 amide bonds.